The molecule has 8 aromatic rings. The first-order valence-electron chi connectivity index (χ1n) is 15.8. The van der Waals surface area contributed by atoms with Crippen molar-refractivity contribution >= 4 is 66.1 Å². The summed E-state index contributed by atoms with van der Waals surface area (Å²) in [6.45, 7) is 0. The minimum Gasteiger partial charge on any atom is -0.309 e. The zero-order chi connectivity index (χ0) is 34.8. The summed E-state index contributed by atoms with van der Waals surface area (Å²) in [5, 5.41) is 8.94. The Balaban J connectivity index is 1.37. The topological polar surface area (TPSA) is 17.1 Å². The zero-order valence-electron chi connectivity index (χ0n) is 26.1. The highest BCUT2D eigenvalue weighted by Gasteiger charge is 2.35. The highest BCUT2D eigenvalue weighted by atomic mass is 31.2. The number of rotatable bonds is 4. The van der Waals surface area contributed by atoms with Crippen molar-refractivity contribution in [1.29, 1.82) is 0 Å². The maximum absolute atomic E-state index is 15.2. The van der Waals surface area contributed by atoms with E-state index >= 15 is 4.57 Å². The number of alkyl halides is 6. The Bertz CT molecular complexity index is 2560. The summed E-state index contributed by atoms with van der Waals surface area (Å²) >= 11 is 0. The first kappa shape index (κ1) is 31.9. The number of benzene rings is 8. The van der Waals surface area contributed by atoms with Crippen molar-refractivity contribution in [3.63, 3.8) is 0 Å². The highest BCUT2D eigenvalue weighted by Crippen LogP contribution is 2.47. The van der Waals surface area contributed by atoms with Gasteiger partial charge in [-0.1, -0.05) is 121 Å². The molecule has 0 heterocycles. The third-order valence-corrected chi connectivity index (χ3v) is 12.5. The lowest BCUT2D eigenvalue weighted by Gasteiger charge is -2.22. The van der Waals surface area contributed by atoms with Gasteiger partial charge in [0.1, 0.15) is 0 Å². The van der Waals surface area contributed by atoms with Gasteiger partial charge in [-0.15, -0.1) is 0 Å². The van der Waals surface area contributed by atoms with E-state index in [-0.39, 0.29) is 15.9 Å². The number of hydrogen-bond acceptors (Lipinski definition) is 1. The number of fused-ring (bicyclic) bond motifs is 7. The molecule has 8 aromatic carbocycles. The summed E-state index contributed by atoms with van der Waals surface area (Å²) in [4.78, 5) is 0. The molecule has 1 nitrogen and oxygen atoms in total. The Morgan fingerprint density at radius 2 is 0.780 bits per heavy atom. The normalized spacial score (nSPS) is 12.7. The van der Waals surface area contributed by atoms with Crippen molar-refractivity contribution in [2.45, 2.75) is 12.4 Å². The van der Waals surface area contributed by atoms with Gasteiger partial charge >= 0.3 is 12.4 Å². The molecule has 0 bridgehead atoms. The van der Waals surface area contributed by atoms with Gasteiger partial charge < -0.3 is 4.57 Å². The average molecular weight is 691 g/mol. The van der Waals surface area contributed by atoms with Crippen LogP contribution in [0.4, 0.5) is 26.3 Å². The van der Waals surface area contributed by atoms with Gasteiger partial charge in [0.25, 0.3) is 0 Å². The summed E-state index contributed by atoms with van der Waals surface area (Å²) in [7, 11) is -3.93. The lowest BCUT2D eigenvalue weighted by molar-refractivity contribution is -0.138. The molecule has 8 rings (SSSR count). The third-order valence-electron chi connectivity index (χ3n) is 9.39. The molecule has 246 valence electrons. The number of hydrogen-bond donors (Lipinski definition) is 0. The predicted molar refractivity (Wildman–Crippen MR) is 191 cm³/mol. The standard InChI is InChI=1S/C42H25F6OP/c43-41(44,45)28-15-21-31(22-16-28)50(49,32-23-17-29(18-24-32)42(46,47)48)30-19-13-26(14-20-30)39-33-8-2-1-7-27(33)25-38-36-11-4-3-9-34(36)35-10-5-6-12-37(35)40(38)39/h1-25H. The molecule has 0 aromatic heterocycles. The van der Waals surface area contributed by atoms with Crippen LogP contribution in [-0.2, 0) is 16.9 Å². The summed E-state index contributed by atoms with van der Waals surface area (Å²) in [5.74, 6) is 0. The van der Waals surface area contributed by atoms with Crippen LogP contribution in [0.5, 0.6) is 0 Å². The molecule has 0 N–H and O–H groups in total. The molecule has 0 unspecified atom stereocenters. The first-order chi connectivity index (χ1) is 23.9. The maximum Gasteiger partial charge on any atom is 0.416 e. The summed E-state index contributed by atoms with van der Waals surface area (Å²) in [5.41, 5.74) is -0.0517. The van der Waals surface area contributed by atoms with Gasteiger partial charge in [0.05, 0.1) is 11.1 Å². The van der Waals surface area contributed by atoms with E-state index in [1.54, 1.807) is 12.1 Å². The van der Waals surface area contributed by atoms with Crippen molar-refractivity contribution in [2.75, 3.05) is 0 Å². The van der Waals surface area contributed by atoms with E-state index in [4.69, 9.17) is 0 Å². The molecule has 0 aliphatic carbocycles. The summed E-state index contributed by atoms with van der Waals surface area (Å²) in [6.07, 6.45) is -9.23. The van der Waals surface area contributed by atoms with Crippen LogP contribution in [0.15, 0.2) is 152 Å². The van der Waals surface area contributed by atoms with Crippen molar-refractivity contribution in [3.8, 4) is 11.1 Å². The Morgan fingerprint density at radius 1 is 0.400 bits per heavy atom. The molecule has 0 saturated carbocycles. The van der Waals surface area contributed by atoms with E-state index in [1.165, 1.54) is 0 Å². The summed E-state index contributed by atoms with van der Waals surface area (Å²) < 4.78 is 95.9. The van der Waals surface area contributed by atoms with Crippen molar-refractivity contribution < 1.29 is 30.9 Å². The SMILES string of the molecule is O=P(c1ccc(-c2c3ccccc3cc3c4ccccc4c4ccccc4c23)cc1)(c1ccc(C(F)(F)F)cc1)c1ccc(C(F)(F)F)cc1. The maximum atomic E-state index is 15.2. The molecule has 0 saturated heterocycles. The molecule has 0 amide bonds. The van der Waals surface area contributed by atoms with Gasteiger partial charge in [0.2, 0.25) is 0 Å². The molecule has 0 aliphatic heterocycles. The van der Waals surface area contributed by atoms with Crippen molar-refractivity contribution in [2.24, 2.45) is 0 Å². The van der Waals surface area contributed by atoms with E-state index in [0.717, 1.165) is 103 Å². The van der Waals surface area contributed by atoms with E-state index in [9.17, 15) is 26.3 Å². The second kappa shape index (κ2) is 11.6. The van der Waals surface area contributed by atoms with Gasteiger partial charge in [-0.05, 0) is 84.5 Å². The van der Waals surface area contributed by atoms with E-state index < -0.39 is 30.6 Å². The van der Waals surface area contributed by atoms with Crippen LogP contribution in [0.2, 0.25) is 0 Å². The van der Waals surface area contributed by atoms with Crippen LogP contribution in [0.25, 0.3) is 54.2 Å². The van der Waals surface area contributed by atoms with Gasteiger partial charge in [-0.25, -0.2) is 0 Å². The van der Waals surface area contributed by atoms with E-state index in [0.29, 0.717) is 0 Å². The molecule has 0 atom stereocenters. The molecule has 8 heteroatoms. The fourth-order valence-electron chi connectivity index (χ4n) is 7.03. The lowest BCUT2D eigenvalue weighted by Crippen LogP contribution is -2.25. The van der Waals surface area contributed by atoms with E-state index in [1.807, 2.05) is 48.5 Å². The first-order valence-corrected chi connectivity index (χ1v) is 17.5. The third kappa shape index (κ3) is 5.16. The van der Waals surface area contributed by atoms with Crippen molar-refractivity contribution in [3.05, 3.63) is 163 Å². The highest BCUT2D eigenvalue weighted by molar-refractivity contribution is 7.85. The minimum absolute atomic E-state index is 0.0751. The average Bonchev–Trinajstić information content (AvgIpc) is 3.13. The Labute approximate surface area is 282 Å². The minimum atomic E-state index is -4.62. The molecule has 0 spiro atoms. The monoisotopic (exact) mass is 690 g/mol. The van der Waals surface area contributed by atoms with Crippen LogP contribution < -0.4 is 15.9 Å². The fourth-order valence-corrected chi connectivity index (χ4v) is 9.64. The second-order valence-electron chi connectivity index (χ2n) is 12.2. The summed E-state index contributed by atoms with van der Waals surface area (Å²) in [6, 6.07) is 41.7. The smallest absolute Gasteiger partial charge is 0.309 e. The largest absolute Gasteiger partial charge is 0.416 e. The Morgan fingerprint density at radius 3 is 1.26 bits per heavy atom. The zero-order valence-corrected chi connectivity index (χ0v) is 27.0. The van der Waals surface area contributed by atoms with Crippen LogP contribution in [0.1, 0.15) is 11.1 Å². The van der Waals surface area contributed by atoms with Gasteiger partial charge in [0.15, 0.2) is 7.14 Å². The molecular weight excluding hydrogens is 665 g/mol. The van der Waals surface area contributed by atoms with Gasteiger partial charge in [0, 0.05) is 15.9 Å². The van der Waals surface area contributed by atoms with Crippen LogP contribution in [0.3, 0.4) is 0 Å². The second-order valence-corrected chi connectivity index (χ2v) is 15.0. The molecule has 0 radical (unpaired) electrons. The molecule has 50 heavy (non-hydrogen) atoms. The predicted octanol–water partition coefficient (Wildman–Crippen LogP) is 11.6. The molecular formula is C42H25F6OP. The number of halogens is 6. The van der Waals surface area contributed by atoms with E-state index in [2.05, 4.69) is 42.5 Å². The molecule has 0 fully saturated rings. The quantitative estimate of drug-likeness (QED) is 0.0778. The van der Waals surface area contributed by atoms with Crippen LogP contribution >= 0.6 is 7.14 Å². The lowest BCUT2D eigenvalue weighted by atomic mass is 9.86. The van der Waals surface area contributed by atoms with Crippen LogP contribution in [-0.4, -0.2) is 0 Å². The Kier molecular flexibility index (Phi) is 7.39. The van der Waals surface area contributed by atoms with Crippen molar-refractivity contribution in [1.82, 2.24) is 0 Å². The Hall–Kier alpha value is -5.39. The fraction of sp³-hybridized carbons (Fsp3) is 0.0476. The molecule has 0 aliphatic rings. The van der Waals surface area contributed by atoms with Gasteiger partial charge in [-0.2, -0.15) is 26.3 Å². The van der Waals surface area contributed by atoms with Crippen LogP contribution in [0, 0.1) is 0 Å². The van der Waals surface area contributed by atoms with Gasteiger partial charge in [-0.3, -0.25) is 0 Å².